The zero-order chi connectivity index (χ0) is 10.6. The number of halogens is 1. The van der Waals surface area contributed by atoms with E-state index in [0.29, 0.717) is 0 Å². The molecule has 0 aliphatic heterocycles. The van der Waals surface area contributed by atoms with Gasteiger partial charge in [0.2, 0.25) is 0 Å². The van der Waals surface area contributed by atoms with Gasteiger partial charge in [-0.25, -0.2) is 0 Å². The van der Waals surface area contributed by atoms with Crippen molar-refractivity contribution in [1.82, 2.24) is 0 Å². The number of hydrogen-bond acceptors (Lipinski definition) is 6. The highest BCUT2D eigenvalue weighted by atomic mass is 35.5. The largest absolute Gasteiger partial charge is 0.394 e. The third-order valence-electron chi connectivity index (χ3n) is 1.49. The highest BCUT2D eigenvalue weighted by Crippen LogP contribution is 2.08. The fraction of sp³-hybridized carbons (Fsp3) is 0.833. The molecule has 0 saturated carbocycles. The molecule has 0 bridgehead atoms. The summed E-state index contributed by atoms with van der Waals surface area (Å²) in [5.74, 6) is 0. The maximum Gasteiger partial charge on any atom is 0.128 e. The molecule has 0 rings (SSSR count). The first-order valence-electron chi connectivity index (χ1n) is 3.44. The minimum Gasteiger partial charge on any atom is -0.394 e. The Kier molecular flexibility index (Phi) is 5.90. The molecule has 0 unspecified atom stereocenters. The molecule has 0 aliphatic carbocycles. The number of thiocarbonyl (C=S) groups is 1. The van der Waals surface area contributed by atoms with Crippen molar-refractivity contribution in [3.63, 3.8) is 0 Å². The SMILES string of the molecule is OC[C@@H](O)[C@@H](O)[C@H](O)[C@@H](O)C(=S)Cl. The van der Waals surface area contributed by atoms with Crippen LogP contribution in [0.3, 0.4) is 0 Å². The Morgan fingerprint density at radius 3 is 1.92 bits per heavy atom. The zero-order valence-electron chi connectivity index (χ0n) is 6.54. The van der Waals surface area contributed by atoms with Gasteiger partial charge in [-0.05, 0) is 0 Å². The van der Waals surface area contributed by atoms with E-state index < -0.39 is 35.3 Å². The van der Waals surface area contributed by atoms with Crippen molar-refractivity contribution in [3.8, 4) is 0 Å². The molecular formula is C6H11ClO5S. The molecule has 5 N–H and O–H groups in total. The molecule has 0 aromatic carbocycles. The van der Waals surface area contributed by atoms with Crippen LogP contribution in [0.1, 0.15) is 0 Å². The molecule has 0 aromatic rings. The van der Waals surface area contributed by atoms with Crippen LogP contribution in [0, 0.1) is 0 Å². The topological polar surface area (TPSA) is 101 Å². The fourth-order valence-electron chi connectivity index (χ4n) is 0.657. The Balaban J connectivity index is 4.24. The number of aliphatic hydroxyl groups is 5. The van der Waals surface area contributed by atoms with E-state index in [1.807, 2.05) is 0 Å². The second kappa shape index (κ2) is 5.82. The molecule has 0 fully saturated rings. The summed E-state index contributed by atoms with van der Waals surface area (Å²) in [6.45, 7) is -0.736. The third-order valence-corrected chi connectivity index (χ3v) is 1.95. The number of hydrogen-bond donors (Lipinski definition) is 5. The predicted molar refractivity (Wildman–Crippen MR) is 49.6 cm³/mol. The van der Waals surface area contributed by atoms with Gasteiger partial charge < -0.3 is 25.5 Å². The Hall–Kier alpha value is 0.180. The molecule has 0 aromatic heterocycles. The lowest BCUT2D eigenvalue weighted by atomic mass is 10.0. The van der Waals surface area contributed by atoms with Crippen LogP contribution < -0.4 is 0 Å². The molecule has 0 aliphatic rings. The summed E-state index contributed by atoms with van der Waals surface area (Å²) in [7, 11) is 0. The summed E-state index contributed by atoms with van der Waals surface area (Å²) in [5.41, 5.74) is 0. The van der Waals surface area contributed by atoms with Gasteiger partial charge in [-0.3, -0.25) is 0 Å². The lowest BCUT2D eigenvalue weighted by Crippen LogP contribution is -2.47. The Morgan fingerprint density at radius 1 is 1.15 bits per heavy atom. The zero-order valence-corrected chi connectivity index (χ0v) is 8.11. The van der Waals surface area contributed by atoms with Gasteiger partial charge >= 0.3 is 0 Å². The smallest absolute Gasteiger partial charge is 0.128 e. The minimum atomic E-state index is -1.72. The third kappa shape index (κ3) is 3.82. The van der Waals surface area contributed by atoms with Crippen molar-refractivity contribution < 1.29 is 25.5 Å². The molecule has 0 radical (unpaired) electrons. The first-order valence-corrected chi connectivity index (χ1v) is 4.23. The number of aliphatic hydroxyl groups excluding tert-OH is 5. The predicted octanol–water partition coefficient (Wildman–Crippen LogP) is -2.01. The molecule has 0 spiro atoms. The van der Waals surface area contributed by atoms with E-state index in [1.54, 1.807) is 0 Å². The summed E-state index contributed by atoms with van der Waals surface area (Å²) >= 11 is 9.52. The molecule has 0 saturated heterocycles. The van der Waals surface area contributed by atoms with E-state index in [-0.39, 0.29) is 0 Å². The summed E-state index contributed by atoms with van der Waals surface area (Å²) in [6, 6.07) is 0. The van der Waals surface area contributed by atoms with Crippen LogP contribution in [0.25, 0.3) is 0 Å². The van der Waals surface area contributed by atoms with Gasteiger partial charge in [-0.2, -0.15) is 0 Å². The van der Waals surface area contributed by atoms with Gasteiger partial charge in [0.25, 0.3) is 0 Å². The quantitative estimate of drug-likeness (QED) is 0.276. The molecule has 4 atom stereocenters. The average Bonchev–Trinajstić information content (AvgIpc) is 2.12. The highest BCUT2D eigenvalue weighted by Gasteiger charge is 2.31. The lowest BCUT2D eigenvalue weighted by Gasteiger charge is -2.24. The van der Waals surface area contributed by atoms with Crippen molar-refractivity contribution in [2.24, 2.45) is 0 Å². The van der Waals surface area contributed by atoms with Crippen LogP contribution in [0.4, 0.5) is 0 Å². The van der Waals surface area contributed by atoms with Crippen LogP contribution in [0.15, 0.2) is 0 Å². The van der Waals surface area contributed by atoms with E-state index in [1.165, 1.54) is 0 Å². The van der Waals surface area contributed by atoms with Crippen molar-refractivity contribution in [2.45, 2.75) is 24.4 Å². The highest BCUT2D eigenvalue weighted by molar-refractivity contribution is 7.83. The van der Waals surface area contributed by atoms with E-state index in [0.717, 1.165) is 0 Å². The van der Waals surface area contributed by atoms with Crippen LogP contribution in [0.2, 0.25) is 0 Å². The summed E-state index contributed by atoms with van der Waals surface area (Å²) in [4.78, 5) is 0. The summed E-state index contributed by atoms with van der Waals surface area (Å²) < 4.78 is -0.420. The van der Waals surface area contributed by atoms with E-state index in [9.17, 15) is 0 Å². The second-order valence-electron chi connectivity index (χ2n) is 2.48. The first-order chi connectivity index (χ1) is 5.91. The average molecular weight is 231 g/mol. The second-order valence-corrected chi connectivity index (χ2v) is 3.55. The normalized spacial score (nSPS) is 20.5. The molecule has 78 valence electrons. The van der Waals surface area contributed by atoms with Crippen molar-refractivity contribution in [3.05, 3.63) is 0 Å². The van der Waals surface area contributed by atoms with Crippen molar-refractivity contribution in [2.75, 3.05) is 6.61 Å². The first kappa shape index (κ1) is 13.2. The van der Waals surface area contributed by atoms with Crippen LogP contribution in [-0.2, 0) is 0 Å². The van der Waals surface area contributed by atoms with Crippen molar-refractivity contribution >= 4 is 28.1 Å². The molecule has 5 nitrogen and oxygen atoms in total. The molecular weight excluding hydrogens is 220 g/mol. The van der Waals surface area contributed by atoms with Gasteiger partial charge in [0.15, 0.2) is 0 Å². The monoisotopic (exact) mass is 230 g/mol. The number of rotatable bonds is 5. The summed E-state index contributed by atoms with van der Waals surface area (Å²) in [5, 5.41) is 44.5. The maximum atomic E-state index is 9.12. The lowest BCUT2D eigenvalue weighted by molar-refractivity contribution is -0.0999. The van der Waals surface area contributed by atoms with Gasteiger partial charge in [-0.15, -0.1) is 0 Å². The van der Waals surface area contributed by atoms with Gasteiger partial charge in [0, 0.05) is 0 Å². The van der Waals surface area contributed by atoms with Gasteiger partial charge in [0.05, 0.1) is 6.61 Å². The molecule has 0 amide bonds. The summed E-state index contributed by atoms with van der Waals surface area (Å²) in [6.07, 6.45) is -6.58. The van der Waals surface area contributed by atoms with Crippen molar-refractivity contribution in [1.29, 1.82) is 0 Å². The minimum absolute atomic E-state index is 0.420. The Bertz CT molecular complexity index is 178. The maximum absolute atomic E-state index is 9.12. The van der Waals surface area contributed by atoms with E-state index in [2.05, 4.69) is 12.2 Å². The van der Waals surface area contributed by atoms with Gasteiger partial charge in [-0.1, -0.05) is 23.8 Å². The van der Waals surface area contributed by atoms with Crippen LogP contribution >= 0.6 is 23.8 Å². The molecule has 13 heavy (non-hydrogen) atoms. The van der Waals surface area contributed by atoms with Crippen LogP contribution in [0.5, 0.6) is 0 Å². The Morgan fingerprint density at radius 2 is 1.62 bits per heavy atom. The molecule has 0 heterocycles. The van der Waals surface area contributed by atoms with Crippen LogP contribution in [-0.4, -0.2) is 60.9 Å². The van der Waals surface area contributed by atoms with E-state index in [4.69, 9.17) is 37.1 Å². The van der Waals surface area contributed by atoms with E-state index >= 15 is 0 Å². The fourth-order valence-corrected chi connectivity index (χ4v) is 0.925. The van der Waals surface area contributed by atoms with Gasteiger partial charge in [0.1, 0.15) is 28.7 Å². The standard InChI is InChI=1S/C6H11ClO5S/c7-6(13)5(12)4(11)3(10)2(9)1-8/h2-5,8-12H,1H2/t2-,3-,4+,5-/m1/s1. The Labute approximate surface area is 85.2 Å². The molecule has 7 heteroatoms.